The maximum atomic E-state index is 4.00. The molecule has 0 radical (unpaired) electrons. The van der Waals surface area contributed by atoms with Crippen molar-refractivity contribution in [2.75, 3.05) is 0 Å². The van der Waals surface area contributed by atoms with E-state index in [0.29, 0.717) is 17.8 Å². The highest BCUT2D eigenvalue weighted by Gasteiger charge is 2.15. The smallest absolute Gasteiger partial charge is 0.0227 e. The molecular formula is C24H42. The lowest BCUT2D eigenvalue weighted by Gasteiger charge is -2.23. The molecule has 0 amide bonds. The standard InChI is InChI=1S/C24H42/c1-9-13-22(8)24(15-12-14-19(4)5)23(18-21(7)11-3)17-16-20(6)10-2/h10-11,14,20-22H,2-3,9,12-13,15-18H2,1,4-8H3. The van der Waals surface area contributed by atoms with Gasteiger partial charge in [0.25, 0.3) is 0 Å². The molecule has 0 aromatic carbocycles. The van der Waals surface area contributed by atoms with E-state index in [2.05, 4.69) is 72.9 Å². The fourth-order valence-electron chi connectivity index (χ4n) is 3.28. The predicted octanol–water partition coefficient (Wildman–Crippen LogP) is 8.28. The maximum Gasteiger partial charge on any atom is -0.0227 e. The van der Waals surface area contributed by atoms with Crippen LogP contribution in [0.1, 0.15) is 86.5 Å². The lowest BCUT2D eigenvalue weighted by atomic mass is 9.82. The summed E-state index contributed by atoms with van der Waals surface area (Å²) in [4.78, 5) is 0. The van der Waals surface area contributed by atoms with E-state index in [1.165, 1.54) is 50.5 Å². The Hall–Kier alpha value is -1.04. The Kier molecular flexibility index (Phi) is 12.7. The molecule has 0 heteroatoms. The van der Waals surface area contributed by atoms with Crippen LogP contribution in [0.25, 0.3) is 0 Å². The average Bonchev–Trinajstić information content (AvgIpc) is 2.54. The van der Waals surface area contributed by atoms with Gasteiger partial charge >= 0.3 is 0 Å². The van der Waals surface area contributed by atoms with E-state index < -0.39 is 0 Å². The molecule has 0 nitrogen and oxygen atoms in total. The number of hydrogen-bond acceptors (Lipinski definition) is 0. The van der Waals surface area contributed by atoms with Crippen molar-refractivity contribution in [3.63, 3.8) is 0 Å². The van der Waals surface area contributed by atoms with E-state index in [9.17, 15) is 0 Å². The second-order valence-corrected chi connectivity index (χ2v) is 7.81. The first-order valence-electron chi connectivity index (χ1n) is 9.94. The van der Waals surface area contributed by atoms with Crippen molar-refractivity contribution in [3.8, 4) is 0 Å². The Morgan fingerprint density at radius 3 is 2.04 bits per heavy atom. The van der Waals surface area contributed by atoms with Gasteiger partial charge < -0.3 is 0 Å². The van der Waals surface area contributed by atoms with Gasteiger partial charge in [0.2, 0.25) is 0 Å². The van der Waals surface area contributed by atoms with E-state index in [-0.39, 0.29) is 0 Å². The summed E-state index contributed by atoms with van der Waals surface area (Å²) >= 11 is 0. The second-order valence-electron chi connectivity index (χ2n) is 7.81. The van der Waals surface area contributed by atoms with E-state index in [1.807, 2.05) is 0 Å². The van der Waals surface area contributed by atoms with Crippen molar-refractivity contribution in [3.05, 3.63) is 48.1 Å². The molecule has 138 valence electrons. The molecule has 0 spiro atoms. The Bertz CT molecular complexity index is 417. The fourth-order valence-corrected chi connectivity index (χ4v) is 3.28. The van der Waals surface area contributed by atoms with Crippen LogP contribution in [-0.2, 0) is 0 Å². The molecule has 0 fully saturated rings. The second kappa shape index (κ2) is 13.3. The van der Waals surface area contributed by atoms with Crippen molar-refractivity contribution in [2.24, 2.45) is 17.8 Å². The lowest BCUT2D eigenvalue weighted by molar-refractivity contribution is 0.542. The molecule has 0 N–H and O–H groups in total. The van der Waals surface area contributed by atoms with Crippen LogP contribution in [-0.4, -0.2) is 0 Å². The van der Waals surface area contributed by atoms with Gasteiger partial charge in [-0.3, -0.25) is 0 Å². The van der Waals surface area contributed by atoms with Crippen molar-refractivity contribution < 1.29 is 0 Å². The molecule has 0 rings (SSSR count). The highest BCUT2D eigenvalue weighted by atomic mass is 14.2. The minimum absolute atomic E-state index is 0.561. The average molecular weight is 331 g/mol. The SMILES string of the molecule is C=CC(C)CCC(CC(C)C=C)=C(CCC=C(C)C)C(C)CCC. The Morgan fingerprint density at radius 2 is 1.54 bits per heavy atom. The lowest BCUT2D eigenvalue weighted by Crippen LogP contribution is -2.07. The molecule has 0 aromatic rings. The molecule has 0 bridgehead atoms. The van der Waals surface area contributed by atoms with Crippen LogP contribution in [0.4, 0.5) is 0 Å². The van der Waals surface area contributed by atoms with Gasteiger partial charge in [-0.05, 0) is 70.1 Å². The third-order valence-corrected chi connectivity index (χ3v) is 5.01. The summed E-state index contributed by atoms with van der Waals surface area (Å²) in [5, 5.41) is 0. The molecule has 3 unspecified atom stereocenters. The summed E-state index contributed by atoms with van der Waals surface area (Å²) in [6.07, 6.45) is 15.1. The zero-order valence-electron chi connectivity index (χ0n) is 17.3. The molecule has 0 heterocycles. The van der Waals surface area contributed by atoms with Crippen LogP contribution in [0, 0.1) is 17.8 Å². The number of allylic oxidation sites excluding steroid dienone is 6. The van der Waals surface area contributed by atoms with Gasteiger partial charge in [0, 0.05) is 0 Å². The van der Waals surface area contributed by atoms with E-state index in [1.54, 1.807) is 11.1 Å². The first-order chi connectivity index (χ1) is 11.3. The van der Waals surface area contributed by atoms with E-state index in [4.69, 9.17) is 0 Å². The molecule has 0 saturated heterocycles. The fraction of sp³-hybridized carbons (Fsp3) is 0.667. The zero-order valence-corrected chi connectivity index (χ0v) is 17.3. The van der Waals surface area contributed by atoms with Gasteiger partial charge in [-0.15, -0.1) is 13.2 Å². The van der Waals surface area contributed by atoms with Gasteiger partial charge in [-0.25, -0.2) is 0 Å². The van der Waals surface area contributed by atoms with E-state index in [0.717, 1.165) is 0 Å². The van der Waals surface area contributed by atoms with Crippen LogP contribution < -0.4 is 0 Å². The van der Waals surface area contributed by atoms with Crippen molar-refractivity contribution >= 4 is 0 Å². The minimum atomic E-state index is 0.561. The van der Waals surface area contributed by atoms with Crippen molar-refractivity contribution in [1.29, 1.82) is 0 Å². The van der Waals surface area contributed by atoms with Gasteiger partial charge in [0.05, 0.1) is 0 Å². The van der Waals surface area contributed by atoms with Crippen LogP contribution in [0.15, 0.2) is 48.1 Å². The first-order valence-corrected chi connectivity index (χ1v) is 9.94. The van der Waals surface area contributed by atoms with Gasteiger partial charge in [-0.1, -0.05) is 69.1 Å². The monoisotopic (exact) mass is 330 g/mol. The van der Waals surface area contributed by atoms with Crippen LogP contribution >= 0.6 is 0 Å². The van der Waals surface area contributed by atoms with Crippen LogP contribution in [0.2, 0.25) is 0 Å². The number of hydrogen-bond donors (Lipinski definition) is 0. The Labute approximate surface area is 152 Å². The molecule has 0 saturated carbocycles. The largest absolute Gasteiger partial charge is 0.103 e. The summed E-state index contributed by atoms with van der Waals surface area (Å²) in [6, 6.07) is 0. The highest BCUT2D eigenvalue weighted by Crippen LogP contribution is 2.32. The van der Waals surface area contributed by atoms with Crippen molar-refractivity contribution in [2.45, 2.75) is 86.5 Å². The highest BCUT2D eigenvalue weighted by molar-refractivity contribution is 5.19. The quantitative estimate of drug-likeness (QED) is 0.298. The molecule has 0 aliphatic heterocycles. The predicted molar refractivity (Wildman–Crippen MR) is 112 cm³/mol. The summed E-state index contributed by atoms with van der Waals surface area (Å²) in [5.74, 6) is 1.86. The Balaban J connectivity index is 5.46. The summed E-state index contributed by atoms with van der Waals surface area (Å²) < 4.78 is 0. The molecule has 3 atom stereocenters. The van der Waals surface area contributed by atoms with Gasteiger partial charge in [0.1, 0.15) is 0 Å². The van der Waals surface area contributed by atoms with Crippen LogP contribution in [0.3, 0.4) is 0 Å². The maximum absolute atomic E-state index is 4.00. The Morgan fingerprint density at radius 1 is 0.917 bits per heavy atom. The third kappa shape index (κ3) is 9.96. The summed E-state index contributed by atoms with van der Waals surface area (Å²) in [7, 11) is 0. The van der Waals surface area contributed by atoms with E-state index >= 15 is 0 Å². The van der Waals surface area contributed by atoms with Gasteiger partial charge in [0.15, 0.2) is 0 Å². The normalized spacial score (nSPS) is 15.9. The first kappa shape index (κ1) is 23.0. The minimum Gasteiger partial charge on any atom is -0.103 e. The molecule has 24 heavy (non-hydrogen) atoms. The number of rotatable bonds is 13. The van der Waals surface area contributed by atoms with Crippen molar-refractivity contribution in [1.82, 2.24) is 0 Å². The molecule has 0 aliphatic rings. The summed E-state index contributed by atoms with van der Waals surface area (Å²) in [5.41, 5.74) is 4.84. The summed E-state index contributed by atoms with van der Waals surface area (Å²) in [6.45, 7) is 21.7. The van der Waals surface area contributed by atoms with Crippen LogP contribution in [0.5, 0.6) is 0 Å². The third-order valence-electron chi connectivity index (χ3n) is 5.01. The van der Waals surface area contributed by atoms with Gasteiger partial charge in [-0.2, -0.15) is 0 Å². The molecular weight excluding hydrogens is 288 g/mol. The molecule has 0 aliphatic carbocycles. The molecule has 0 aromatic heterocycles. The zero-order chi connectivity index (χ0) is 18.5. The topological polar surface area (TPSA) is 0 Å².